The number of nitrogens with zero attached hydrogens (tertiary/aromatic N) is 1. The summed E-state index contributed by atoms with van der Waals surface area (Å²) in [6, 6.07) is 6.45. The van der Waals surface area contributed by atoms with Gasteiger partial charge in [-0.15, -0.1) is 0 Å². The Labute approximate surface area is 115 Å². The highest BCUT2D eigenvalue weighted by atomic mass is 32.2. The summed E-state index contributed by atoms with van der Waals surface area (Å²) in [6.45, 7) is 3.56. The van der Waals surface area contributed by atoms with Gasteiger partial charge in [-0.1, -0.05) is 43.8 Å². The van der Waals surface area contributed by atoms with Gasteiger partial charge in [0.25, 0.3) is 10.0 Å². The van der Waals surface area contributed by atoms with Gasteiger partial charge in [0.2, 0.25) is 0 Å². The number of carboxylic acids is 1. The van der Waals surface area contributed by atoms with Crippen molar-refractivity contribution >= 4 is 32.8 Å². The second-order valence-corrected chi connectivity index (χ2v) is 7.19. The molecule has 7 heteroatoms. The summed E-state index contributed by atoms with van der Waals surface area (Å²) in [5, 5.41) is 8.70. The molecule has 1 aromatic rings. The molecule has 1 aliphatic heterocycles. The molecule has 0 amide bonds. The maximum absolute atomic E-state index is 11.8. The lowest BCUT2D eigenvalue weighted by molar-refractivity contribution is -0.137. The molecule has 1 atom stereocenters. The third-order valence-electron chi connectivity index (χ3n) is 2.69. The summed E-state index contributed by atoms with van der Waals surface area (Å²) in [7, 11) is -3.68. The number of hydrogen-bond donors (Lipinski definition) is 1. The summed E-state index contributed by atoms with van der Waals surface area (Å²) < 4.78 is 27.4. The molecule has 1 aromatic carbocycles. The SMILES string of the molecule is CC(C)C(SC1=NS(=O)(=O)c2ccccc21)C(=O)O. The van der Waals surface area contributed by atoms with Gasteiger partial charge >= 0.3 is 5.97 Å². The van der Waals surface area contributed by atoms with E-state index in [-0.39, 0.29) is 15.9 Å². The third kappa shape index (κ3) is 2.66. The molecule has 0 radical (unpaired) electrons. The van der Waals surface area contributed by atoms with Gasteiger partial charge in [0, 0.05) is 5.56 Å². The van der Waals surface area contributed by atoms with Gasteiger partial charge in [0.15, 0.2) is 0 Å². The highest BCUT2D eigenvalue weighted by Gasteiger charge is 2.33. The van der Waals surface area contributed by atoms with E-state index in [1.807, 2.05) is 0 Å². The number of fused-ring (bicyclic) bond motifs is 1. The van der Waals surface area contributed by atoms with Crippen LogP contribution in [0.15, 0.2) is 33.6 Å². The van der Waals surface area contributed by atoms with Gasteiger partial charge in [-0.3, -0.25) is 4.79 Å². The fraction of sp³-hybridized carbons (Fsp3) is 0.333. The molecule has 1 N–H and O–H groups in total. The van der Waals surface area contributed by atoms with Crippen molar-refractivity contribution in [3.8, 4) is 0 Å². The van der Waals surface area contributed by atoms with Crippen LogP contribution in [0.2, 0.25) is 0 Å². The lowest BCUT2D eigenvalue weighted by Gasteiger charge is -2.15. The molecule has 1 aliphatic rings. The number of carboxylic acid groups (broad SMARTS) is 1. The Hall–Kier alpha value is -1.34. The Morgan fingerprint density at radius 1 is 1.32 bits per heavy atom. The van der Waals surface area contributed by atoms with Crippen LogP contribution in [0.3, 0.4) is 0 Å². The maximum atomic E-state index is 11.8. The van der Waals surface area contributed by atoms with Crippen molar-refractivity contribution in [3.63, 3.8) is 0 Å². The van der Waals surface area contributed by atoms with Gasteiger partial charge in [-0.25, -0.2) is 0 Å². The first-order valence-electron chi connectivity index (χ1n) is 5.67. The molecule has 0 aromatic heterocycles. The summed E-state index contributed by atoms with van der Waals surface area (Å²) in [5.41, 5.74) is 0.486. The summed E-state index contributed by atoms with van der Waals surface area (Å²) in [4.78, 5) is 11.3. The molecule has 19 heavy (non-hydrogen) atoms. The van der Waals surface area contributed by atoms with Gasteiger partial charge in [-0.2, -0.15) is 12.8 Å². The van der Waals surface area contributed by atoms with Crippen LogP contribution in [0.25, 0.3) is 0 Å². The van der Waals surface area contributed by atoms with Crippen LogP contribution >= 0.6 is 11.8 Å². The monoisotopic (exact) mass is 299 g/mol. The molecule has 0 aliphatic carbocycles. The zero-order valence-electron chi connectivity index (χ0n) is 10.4. The highest BCUT2D eigenvalue weighted by Crippen LogP contribution is 2.34. The van der Waals surface area contributed by atoms with Crippen LogP contribution in [-0.4, -0.2) is 29.8 Å². The van der Waals surface area contributed by atoms with Crippen molar-refractivity contribution < 1.29 is 18.3 Å². The summed E-state index contributed by atoms with van der Waals surface area (Å²) >= 11 is 0.985. The second kappa shape index (κ2) is 4.97. The lowest BCUT2D eigenvalue weighted by Crippen LogP contribution is -2.24. The van der Waals surface area contributed by atoms with E-state index in [9.17, 15) is 13.2 Å². The number of hydrogen-bond acceptors (Lipinski definition) is 4. The molecule has 1 unspecified atom stereocenters. The first kappa shape index (κ1) is 14.1. The van der Waals surface area contributed by atoms with Crippen molar-refractivity contribution in [1.82, 2.24) is 0 Å². The topological polar surface area (TPSA) is 83.8 Å². The Kier molecular flexibility index (Phi) is 3.69. The Bertz CT molecular complexity index is 649. The molecular weight excluding hydrogens is 286 g/mol. The van der Waals surface area contributed by atoms with E-state index in [1.165, 1.54) is 6.07 Å². The van der Waals surface area contributed by atoms with Crippen LogP contribution in [-0.2, 0) is 14.8 Å². The molecule has 5 nitrogen and oxygen atoms in total. The van der Waals surface area contributed by atoms with Gasteiger partial charge in [-0.05, 0) is 12.0 Å². The van der Waals surface area contributed by atoms with Gasteiger partial charge < -0.3 is 5.11 Å². The number of aliphatic carboxylic acids is 1. The smallest absolute Gasteiger partial charge is 0.317 e. The molecule has 2 rings (SSSR count). The average molecular weight is 299 g/mol. The molecule has 0 saturated carbocycles. The second-order valence-electron chi connectivity index (χ2n) is 4.49. The van der Waals surface area contributed by atoms with E-state index in [4.69, 9.17) is 5.11 Å². The number of carbonyl (C=O) groups is 1. The molecule has 102 valence electrons. The minimum absolute atomic E-state index is 0.124. The van der Waals surface area contributed by atoms with E-state index in [2.05, 4.69) is 4.40 Å². The van der Waals surface area contributed by atoms with Gasteiger partial charge in [0.05, 0.1) is 4.90 Å². The van der Waals surface area contributed by atoms with E-state index in [0.717, 1.165) is 11.8 Å². The zero-order valence-corrected chi connectivity index (χ0v) is 12.0. The van der Waals surface area contributed by atoms with Crippen molar-refractivity contribution in [2.75, 3.05) is 0 Å². The largest absolute Gasteiger partial charge is 0.480 e. The van der Waals surface area contributed by atoms with Crippen LogP contribution in [0, 0.1) is 5.92 Å². The van der Waals surface area contributed by atoms with Crippen LogP contribution < -0.4 is 0 Å². The number of benzene rings is 1. The zero-order chi connectivity index (χ0) is 14.2. The van der Waals surface area contributed by atoms with E-state index in [0.29, 0.717) is 5.56 Å². The number of sulfonamides is 1. The van der Waals surface area contributed by atoms with Crippen LogP contribution in [0.4, 0.5) is 0 Å². The highest BCUT2D eigenvalue weighted by molar-refractivity contribution is 8.16. The van der Waals surface area contributed by atoms with Crippen LogP contribution in [0.1, 0.15) is 19.4 Å². The molecule has 1 heterocycles. The quantitative estimate of drug-likeness (QED) is 0.922. The Morgan fingerprint density at radius 3 is 2.53 bits per heavy atom. The normalized spacial score (nSPS) is 17.9. The minimum Gasteiger partial charge on any atom is -0.480 e. The molecule has 0 spiro atoms. The summed E-state index contributed by atoms with van der Waals surface area (Å²) in [6.07, 6.45) is 0. The van der Waals surface area contributed by atoms with Crippen molar-refractivity contribution in [2.24, 2.45) is 10.3 Å². The molecule has 0 bridgehead atoms. The first-order valence-corrected chi connectivity index (χ1v) is 7.98. The first-order chi connectivity index (χ1) is 8.83. The van der Waals surface area contributed by atoms with Crippen molar-refractivity contribution in [1.29, 1.82) is 0 Å². The fourth-order valence-electron chi connectivity index (χ4n) is 1.75. The number of thioether (sulfide) groups is 1. The van der Waals surface area contributed by atoms with E-state index >= 15 is 0 Å². The fourth-order valence-corrected chi connectivity index (χ4v) is 4.31. The lowest BCUT2D eigenvalue weighted by atomic mass is 10.1. The standard InChI is InChI=1S/C12H13NO4S2/c1-7(2)10(12(14)15)18-11-8-5-3-4-6-9(8)19(16,17)13-11/h3-7,10H,1-2H3,(H,14,15). The van der Waals surface area contributed by atoms with Crippen LogP contribution in [0.5, 0.6) is 0 Å². The summed E-state index contributed by atoms with van der Waals surface area (Å²) in [5.74, 6) is -1.09. The van der Waals surface area contributed by atoms with E-state index < -0.39 is 21.2 Å². The van der Waals surface area contributed by atoms with E-state index in [1.54, 1.807) is 32.0 Å². The van der Waals surface area contributed by atoms with Gasteiger partial charge in [0.1, 0.15) is 10.3 Å². The number of rotatable bonds is 3. The average Bonchev–Trinajstić information content (AvgIpc) is 2.58. The predicted octanol–water partition coefficient (Wildman–Crippen LogP) is 1.98. The maximum Gasteiger partial charge on any atom is 0.317 e. The minimum atomic E-state index is -3.68. The van der Waals surface area contributed by atoms with Crippen molar-refractivity contribution in [2.45, 2.75) is 24.0 Å². The molecule has 0 fully saturated rings. The molecular formula is C12H13NO4S2. The Morgan fingerprint density at radius 2 is 1.95 bits per heavy atom. The third-order valence-corrected chi connectivity index (χ3v) is 5.67. The molecule has 0 saturated heterocycles. The predicted molar refractivity (Wildman–Crippen MR) is 74.0 cm³/mol. The van der Waals surface area contributed by atoms with Crippen molar-refractivity contribution in [3.05, 3.63) is 29.8 Å². The Balaban J connectivity index is 2.40.